The van der Waals surface area contributed by atoms with Gasteiger partial charge >= 0.3 is 0 Å². The summed E-state index contributed by atoms with van der Waals surface area (Å²) in [4.78, 5) is 0. The molecule has 0 rings (SSSR count). The smallest absolute Gasteiger partial charge is 0.188 e. The molecule has 18 heavy (non-hydrogen) atoms. The predicted octanol–water partition coefficient (Wildman–Crippen LogP) is 2.14. The van der Waals surface area contributed by atoms with Crippen LogP contribution in [0, 0.1) is 0 Å². The third-order valence-corrected chi connectivity index (χ3v) is 2.04. The standard InChI is InChI=1S/C13H25NO4/c1-11(2)17-9-15-7-5-13(14)6-8-16-10-18-12(3)4/h13H,1,3,5-10,14H2,2,4H3. The fraction of sp³-hybridized carbons (Fsp3) is 0.692. The molecule has 2 N–H and O–H groups in total. The molecule has 0 aromatic carbocycles. The van der Waals surface area contributed by atoms with Gasteiger partial charge in [-0.2, -0.15) is 0 Å². The molecule has 0 saturated carbocycles. The van der Waals surface area contributed by atoms with Gasteiger partial charge in [-0.15, -0.1) is 0 Å². The highest BCUT2D eigenvalue weighted by atomic mass is 16.7. The molecule has 0 aromatic heterocycles. The first-order valence-corrected chi connectivity index (χ1v) is 6.00. The number of rotatable bonds is 12. The van der Waals surface area contributed by atoms with E-state index in [-0.39, 0.29) is 19.6 Å². The highest BCUT2D eigenvalue weighted by Crippen LogP contribution is 1.98. The zero-order valence-electron chi connectivity index (χ0n) is 11.4. The molecule has 0 saturated heterocycles. The topological polar surface area (TPSA) is 62.9 Å². The summed E-state index contributed by atoms with van der Waals surface area (Å²) in [5.74, 6) is 1.29. The van der Waals surface area contributed by atoms with Crippen molar-refractivity contribution >= 4 is 0 Å². The summed E-state index contributed by atoms with van der Waals surface area (Å²) in [6.45, 7) is 12.3. The molecule has 0 atom stereocenters. The van der Waals surface area contributed by atoms with E-state index in [0.29, 0.717) is 24.7 Å². The van der Waals surface area contributed by atoms with E-state index in [1.54, 1.807) is 13.8 Å². The molecular weight excluding hydrogens is 234 g/mol. The molecule has 106 valence electrons. The summed E-state index contributed by atoms with van der Waals surface area (Å²) >= 11 is 0. The van der Waals surface area contributed by atoms with Gasteiger partial charge in [0.2, 0.25) is 0 Å². The van der Waals surface area contributed by atoms with Gasteiger partial charge in [0, 0.05) is 6.04 Å². The molecule has 5 nitrogen and oxygen atoms in total. The highest BCUT2D eigenvalue weighted by molar-refractivity contribution is 4.72. The van der Waals surface area contributed by atoms with Crippen LogP contribution in [-0.2, 0) is 18.9 Å². The van der Waals surface area contributed by atoms with Crippen molar-refractivity contribution in [1.29, 1.82) is 0 Å². The van der Waals surface area contributed by atoms with Crippen molar-refractivity contribution in [3.05, 3.63) is 24.7 Å². The molecule has 0 radical (unpaired) electrons. The van der Waals surface area contributed by atoms with Crippen LogP contribution in [0.4, 0.5) is 0 Å². The fourth-order valence-corrected chi connectivity index (χ4v) is 1.02. The second-order valence-electron chi connectivity index (χ2n) is 4.08. The Balaban J connectivity index is 3.24. The van der Waals surface area contributed by atoms with E-state index in [4.69, 9.17) is 24.7 Å². The Bertz CT molecular complexity index is 219. The number of nitrogens with two attached hydrogens (primary N) is 1. The van der Waals surface area contributed by atoms with Gasteiger partial charge in [0.25, 0.3) is 0 Å². The second kappa shape index (κ2) is 11.1. The Morgan fingerprint density at radius 3 is 1.67 bits per heavy atom. The van der Waals surface area contributed by atoms with E-state index in [9.17, 15) is 0 Å². The van der Waals surface area contributed by atoms with Crippen LogP contribution in [0.2, 0.25) is 0 Å². The Labute approximate surface area is 110 Å². The van der Waals surface area contributed by atoms with Crippen LogP contribution in [0.3, 0.4) is 0 Å². The quantitative estimate of drug-likeness (QED) is 0.330. The fourth-order valence-electron chi connectivity index (χ4n) is 1.02. The zero-order chi connectivity index (χ0) is 13.8. The van der Waals surface area contributed by atoms with Crippen LogP contribution >= 0.6 is 0 Å². The first-order chi connectivity index (χ1) is 8.52. The number of allylic oxidation sites excluding steroid dienone is 2. The molecule has 0 amide bonds. The molecule has 0 fully saturated rings. The molecule has 0 heterocycles. The van der Waals surface area contributed by atoms with Crippen molar-refractivity contribution in [1.82, 2.24) is 0 Å². The second-order valence-corrected chi connectivity index (χ2v) is 4.08. The van der Waals surface area contributed by atoms with Crippen molar-refractivity contribution in [2.45, 2.75) is 32.7 Å². The monoisotopic (exact) mass is 259 g/mol. The predicted molar refractivity (Wildman–Crippen MR) is 70.6 cm³/mol. The molecule has 0 unspecified atom stereocenters. The largest absolute Gasteiger partial charge is 0.473 e. The molecular formula is C13H25NO4. The summed E-state index contributed by atoms with van der Waals surface area (Å²) in [6.07, 6.45) is 1.54. The lowest BCUT2D eigenvalue weighted by atomic mass is 10.2. The van der Waals surface area contributed by atoms with Gasteiger partial charge in [0.1, 0.15) is 0 Å². The molecule has 0 aliphatic heterocycles. The van der Waals surface area contributed by atoms with E-state index in [2.05, 4.69) is 13.2 Å². The van der Waals surface area contributed by atoms with Gasteiger partial charge in [0.15, 0.2) is 13.6 Å². The van der Waals surface area contributed by atoms with Crippen molar-refractivity contribution in [3.63, 3.8) is 0 Å². The molecule has 5 heteroatoms. The van der Waals surface area contributed by atoms with Crippen molar-refractivity contribution in [2.24, 2.45) is 5.73 Å². The lowest BCUT2D eigenvalue weighted by Crippen LogP contribution is -2.24. The van der Waals surface area contributed by atoms with Crippen LogP contribution in [0.1, 0.15) is 26.7 Å². The number of ether oxygens (including phenoxy) is 4. The third kappa shape index (κ3) is 13.0. The summed E-state index contributed by atoms with van der Waals surface area (Å²) in [6, 6.07) is 0.0552. The van der Waals surface area contributed by atoms with Crippen molar-refractivity contribution in [3.8, 4) is 0 Å². The van der Waals surface area contributed by atoms with E-state index in [1.807, 2.05) is 0 Å². The maximum absolute atomic E-state index is 5.88. The SMILES string of the molecule is C=C(C)OCOCCC(N)CCOCOC(=C)C. The minimum Gasteiger partial charge on any atom is -0.473 e. The van der Waals surface area contributed by atoms with Crippen LogP contribution in [-0.4, -0.2) is 32.8 Å². The van der Waals surface area contributed by atoms with E-state index < -0.39 is 0 Å². The van der Waals surface area contributed by atoms with Gasteiger partial charge in [-0.25, -0.2) is 0 Å². The molecule has 0 aromatic rings. The number of hydrogen-bond donors (Lipinski definition) is 1. The maximum Gasteiger partial charge on any atom is 0.188 e. The lowest BCUT2D eigenvalue weighted by molar-refractivity contribution is -0.0316. The first-order valence-electron chi connectivity index (χ1n) is 6.00. The summed E-state index contributed by atoms with van der Waals surface area (Å²) in [5, 5.41) is 0. The Morgan fingerprint density at radius 2 is 1.33 bits per heavy atom. The molecule has 0 bridgehead atoms. The van der Waals surface area contributed by atoms with Crippen molar-refractivity contribution < 1.29 is 18.9 Å². The van der Waals surface area contributed by atoms with Gasteiger partial charge in [-0.1, -0.05) is 13.2 Å². The summed E-state index contributed by atoms with van der Waals surface area (Å²) in [7, 11) is 0. The van der Waals surface area contributed by atoms with E-state index >= 15 is 0 Å². The highest BCUT2D eigenvalue weighted by Gasteiger charge is 2.02. The van der Waals surface area contributed by atoms with Crippen LogP contribution in [0.5, 0.6) is 0 Å². The average molecular weight is 259 g/mol. The Kier molecular flexibility index (Phi) is 10.4. The summed E-state index contributed by atoms with van der Waals surface area (Å²) in [5.41, 5.74) is 5.88. The Hall–Kier alpha value is -1.04. The van der Waals surface area contributed by atoms with Crippen LogP contribution < -0.4 is 5.73 Å². The van der Waals surface area contributed by atoms with Crippen LogP contribution in [0.15, 0.2) is 24.7 Å². The minimum atomic E-state index is 0.0552. The number of hydrogen-bond acceptors (Lipinski definition) is 5. The maximum atomic E-state index is 5.88. The van der Waals surface area contributed by atoms with E-state index in [0.717, 1.165) is 12.8 Å². The van der Waals surface area contributed by atoms with Gasteiger partial charge < -0.3 is 24.7 Å². The van der Waals surface area contributed by atoms with Crippen LogP contribution in [0.25, 0.3) is 0 Å². The zero-order valence-corrected chi connectivity index (χ0v) is 11.4. The lowest BCUT2D eigenvalue weighted by Gasteiger charge is -2.12. The minimum absolute atomic E-state index is 0.0552. The van der Waals surface area contributed by atoms with Gasteiger partial charge in [-0.05, 0) is 26.7 Å². The third-order valence-electron chi connectivity index (χ3n) is 2.04. The first kappa shape index (κ1) is 17.0. The average Bonchev–Trinajstić information content (AvgIpc) is 2.27. The van der Waals surface area contributed by atoms with E-state index in [1.165, 1.54) is 0 Å². The summed E-state index contributed by atoms with van der Waals surface area (Å²) < 4.78 is 20.6. The molecule has 0 aliphatic rings. The molecule has 0 spiro atoms. The normalized spacial score (nSPS) is 10.4. The van der Waals surface area contributed by atoms with Crippen molar-refractivity contribution in [2.75, 3.05) is 26.8 Å². The Morgan fingerprint density at radius 1 is 0.944 bits per heavy atom. The van der Waals surface area contributed by atoms with Gasteiger partial charge in [-0.3, -0.25) is 0 Å². The van der Waals surface area contributed by atoms with Gasteiger partial charge in [0.05, 0.1) is 24.7 Å². The molecule has 0 aliphatic carbocycles.